The Kier molecular flexibility index (Phi) is 6.10. The summed E-state index contributed by atoms with van der Waals surface area (Å²) in [4.78, 5) is 15.1. The zero-order valence-electron chi connectivity index (χ0n) is 17.0. The van der Waals surface area contributed by atoms with Crippen molar-refractivity contribution < 1.29 is 17.6 Å². The molecule has 1 aliphatic carbocycles. The smallest absolute Gasteiger partial charge is 0.233 e. The number of carbonyl (C=O) groups is 1. The van der Waals surface area contributed by atoms with E-state index >= 15 is 0 Å². The molecule has 164 valence electrons. The molecule has 2 fully saturated rings. The van der Waals surface area contributed by atoms with Crippen LogP contribution in [-0.2, 0) is 14.6 Å². The third-order valence-electron chi connectivity index (χ3n) is 5.95. The van der Waals surface area contributed by atoms with Gasteiger partial charge in [-0.3, -0.25) is 4.79 Å². The number of aromatic nitrogens is 3. The normalized spacial score (nSPS) is 21.7. The lowest BCUT2D eigenvalue weighted by molar-refractivity contribution is -0.133. The van der Waals surface area contributed by atoms with Crippen LogP contribution >= 0.6 is 11.8 Å². The van der Waals surface area contributed by atoms with Gasteiger partial charge in [-0.1, -0.05) is 31.0 Å². The van der Waals surface area contributed by atoms with E-state index in [1.807, 2.05) is 11.8 Å². The van der Waals surface area contributed by atoms with Crippen molar-refractivity contribution in [2.45, 2.75) is 62.7 Å². The summed E-state index contributed by atoms with van der Waals surface area (Å²) in [6, 6.07) is 1.66. The van der Waals surface area contributed by atoms with Gasteiger partial charge in [-0.15, -0.1) is 10.2 Å². The summed E-state index contributed by atoms with van der Waals surface area (Å²) in [6.07, 6.45) is 7.27. The lowest BCUT2D eigenvalue weighted by Gasteiger charge is -2.38. The molecule has 2 N–H and O–H groups in total. The topological polar surface area (TPSA) is 124 Å². The Morgan fingerprint density at radius 1 is 1.27 bits per heavy atom. The lowest BCUT2D eigenvalue weighted by Crippen LogP contribution is -2.49. The van der Waals surface area contributed by atoms with Crippen LogP contribution in [0.2, 0.25) is 0 Å². The fraction of sp³-hybridized carbons (Fsp3) is 0.632. The van der Waals surface area contributed by atoms with E-state index in [0.717, 1.165) is 31.2 Å². The summed E-state index contributed by atoms with van der Waals surface area (Å²) in [6.45, 7) is 1.82. The molecular weight excluding hydrogens is 426 g/mol. The Morgan fingerprint density at radius 3 is 2.67 bits per heavy atom. The summed E-state index contributed by atoms with van der Waals surface area (Å²) < 4.78 is 30.7. The minimum absolute atomic E-state index is 0.0574. The van der Waals surface area contributed by atoms with Crippen molar-refractivity contribution in [3.8, 4) is 11.4 Å². The maximum atomic E-state index is 13.2. The third-order valence-corrected chi connectivity index (χ3v) is 8.63. The Labute approximate surface area is 180 Å². The number of nitrogens with zero attached hydrogens (tertiary/aromatic N) is 4. The highest BCUT2D eigenvalue weighted by atomic mass is 32.2. The van der Waals surface area contributed by atoms with E-state index in [9.17, 15) is 13.2 Å². The molecule has 30 heavy (non-hydrogen) atoms. The highest BCUT2D eigenvalue weighted by molar-refractivity contribution is 7.99. The van der Waals surface area contributed by atoms with Gasteiger partial charge < -0.3 is 15.2 Å². The molecule has 3 heterocycles. The fourth-order valence-corrected chi connectivity index (χ4v) is 6.87. The Bertz CT molecular complexity index is 1010. The predicted octanol–water partition coefficient (Wildman–Crippen LogP) is 2.00. The zero-order valence-corrected chi connectivity index (χ0v) is 18.6. The molecule has 0 radical (unpaired) electrons. The van der Waals surface area contributed by atoms with Crippen molar-refractivity contribution in [1.29, 1.82) is 0 Å². The van der Waals surface area contributed by atoms with Crippen LogP contribution in [0, 0.1) is 6.92 Å². The number of carbonyl (C=O) groups excluding carboxylic acids is 1. The minimum Gasteiger partial charge on any atom is -0.469 e. The van der Waals surface area contributed by atoms with E-state index in [4.69, 9.17) is 10.3 Å². The van der Waals surface area contributed by atoms with Crippen LogP contribution < -0.4 is 5.84 Å². The molecule has 0 bridgehead atoms. The quantitative estimate of drug-likeness (QED) is 0.520. The van der Waals surface area contributed by atoms with Crippen LogP contribution in [0.4, 0.5) is 0 Å². The molecule has 1 saturated carbocycles. The second kappa shape index (κ2) is 8.62. The number of nitrogens with two attached hydrogens (primary N) is 1. The highest BCUT2D eigenvalue weighted by Gasteiger charge is 2.38. The maximum Gasteiger partial charge on any atom is 0.233 e. The average molecular weight is 454 g/mol. The monoisotopic (exact) mass is 453 g/mol. The first-order valence-corrected chi connectivity index (χ1v) is 13.1. The van der Waals surface area contributed by atoms with Crippen LogP contribution in [0.1, 0.15) is 44.3 Å². The van der Waals surface area contributed by atoms with Crippen molar-refractivity contribution in [2.75, 3.05) is 23.1 Å². The van der Waals surface area contributed by atoms with Gasteiger partial charge in [0.05, 0.1) is 29.1 Å². The van der Waals surface area contributed by atoms with Gasteiger partial charge in [0.25, 0.3) is 0 Å². The number of nitrogen functional groups attached to an aromatic ring is 1. The molecule has 2 aromatic heterocycles. The Balaban J connectivity index is 1.48. The number of furan rings is 1. The number of rotatable bonds is 6. The molecule has 0 unspecified atom stereocenters. The first kappa shape index (κ1) is 21.2. The second-order valence-electron chi connectivity index (χ2n) is 8.01. The first-order chi connectivity index (χ1) is 14.4. The van der Waals surface area contributed by atoms with Gasteiger partial charge in [-0.2, -0.15) is 0 Å². The van der Waals surface area contributed by atoms with Gasteiger partial charge in [0.15, 0.2) is 15.7 Å². The minimum atomic E-state index is -3.07. The summed E-state index contributed by atoms with van der Waals surface area (Å²) in [5.41, 5.74) is 0.753. The van der Waals surface area contributed by atoms with Crippen molar-refractivity contribution in [3.63, 3.8) is 0 Å². The average Bonchev–Trinajstić information content (AvgIpc) is 3.40. The van der Waals surface area contributed by atoms with Gasteiger partial charge >= 0.3 is 0 Å². The lowest BCUT2D eigenvalue weighted by atomic mass is 9.93. The van der Waals surface area contributed by atoms with E-state index in [1.54, 1.807) is 12.3 Å². The number of aryl methyl sites for hydroxylation is 1. The fourth-order valence-electron chi connectivity index (χ4n) is 4.44. The van der Waals surface area contributed by atoms with Gasteiger partial charge in [-0.25, -0.2) is 13.1 Å². The van der Waals surface area contributed by atoms with E-state index < -0.39 is 9.84 Å². The van der Waals surface area contributed by atoms with Gasteiger partial charge in [0.1, 0.15) is 5.76 Å². The SMILES string of the molecule is Cc1occc1-c1nnc(SCC(=O)N(C2CCCCC2)[C@@H]2CCS(=O)(=O)C2)n1N. The van der Waals surface area contributed by atoms with E-state index in [2.05, 4.69) is 10.2 Å². The van der Waals surface area contributed by atoms with E-state index in [-0.39, 0.29) is 35.2 Å². The predicted molar refractivity (Wildman–Crippen MR) is 114 cm³/mol. The molecule has 0 spiro atoms. The number of amides is 1. The molecule has 9 nitrogen and oxygen atoms in total. The van der Waals surface area contributed by atoms with Crippen LogP contribution in [0.15, 0.2) is 21.9 Å². The van der Waals surface area contributed by atoms with Crippen molar-refractivity contribution in [1.82, 2.24) is 19.8 Å². The number of thioether (sulfide) groups is 1. The second-order valence-corrected chi connectivity index (χ2v) is 11.2. The molecule has 4 rings (SSSR count). The van der Waals surface area contributed by atoms with Crippen molar-refractivity contribution >= 4 is 27.5 Å². The number of sulfone groups is 1. The molecule has 2 aromatic rings. The van der Waals surface area contributed by atoms with Crippen LogP contribution in [0.25, 0.3) is 11.4 Å². The molecule has 1 aliphatic heterocycles. The van der Waals surface area contributed by atoms with Gasteiger partial charge in [0.2, 0.25) is 11.1 Å². The first-order valence-electron chi connectivity index (χ1n) is 10.2. The van der Waals surface area contributed by atoms with Gasteiger partial charge in [0, 0.05) is 12.1 Å². The van der Waals surface area contributed by atoms with Crippen LogP contribution in [0.5, 0.6) is 0 Å². The summed E-state index contributed by atoms with van der Waals surface area (Å²) in [5, 5.41) is 8.68. The zero-order chi connectivity index (χ0) is 21.3. The maximum absolute atomic E-state index is 13.2. The largest absolute Gasteiger partial charge is 0.469 e. The van der Waals surface area contributed by atoms with Crippen molar-refractivity contribution in [3.05, 3.63) is 18.1 Å². The molecule has 11 heteroatoms. The molecule has 1 saturated heterocycles. The Morgan fingerprint density at radius 2 is 2.03 bits per heavy atom. The molecule has 1 atom stereocenters. The van der Waals surface area contributed by atoms with E-state index in [1.165, 1.54) is 22.9 Å². The highest BCUT2D eigenvalue weighted by Crippen LogP contribution is 2.30. The standard InChI is InChI=1S/C19H27N5O4S2/c1-13-16(7-9-28-13)18-21-22-19(24(18)20)29-11-17(25)23(14-5-3-2-4-6-14)15-8-10-30(26,27)12-15/h7,9,14-15H,2-6,8,10-12,20H2,1H3/t15-/m1/s1. The van der Waals surface area contributed by atoms with Crippen LogP contribution in [0.3, 0.4) is 0 Å². The molecular formula is C19H27N5O4S2. The summed E-state index contributed by atoms with van der Waals surface area (Å²) >= 11 is 1.22. The van der Waals surface area contributed by atoms with Crippen LogP contribution in [-0.4, -0.2) is 63.4 Å². The third kappa shape index (κ3) is 4.36. The molecule has 0 aromatic carbocycles. The molecule has 1 amide bonds. The van der Waals surface area contributed by atoms with Crippen molar-refractivity contribution in [2.24, 2.45) is 0 Å². The number of hydrogen-bond acceptors (Lipinski definition) is 8. The Hall–Kier alpha value is -2.01. The summed E-state index contributed by atoms with van der Waals surface area (Å²) in [5.74, 6) is 7.63. The number of hydrogen-bond donors (Lipinski definition) is 1. The summed E-state index contributed by atoms with van der Waals surface area (Å²) in [7, 11) is -3.07. The molecule has 2 aliphatic rings. The van der Waals surface area contributed by atoms with E-state index in [0.29, 0.717) is 23.2 Å². The van der Waals surface area contributed by atoms with Gasteiger partial charge in [-0.05, 0) is 32.3 Å².